The molecular weight excluding hydrogens is 204 g/mol. The zero-order valence-electron chi connectivity index (χ0n) is 7.29. The van der Waals surface area contributed by atoms with E-state index in [0.29, 0.717) is 5.56 Å². The Balaban J connectivity index is 2.89. The van der Waals surface area contributed by atoms with Crippen molar-refractivity contribution in [2.45, 2.75) is 11.7 Å². The fraction of sp³-hybridized carbons (Fsp3) is 0.222. The summed E-state index contributed by atoms with van der Waals surface area (Å²) in [7, 11) is 0. The molecule has 4 nitrogen and oxygen atoms in total. The van der Waals surface area contributed by atoms with Gasteiger partial charge in [-0.2, -0.15) is 0 Å². The molecule has 1 aromatic rings. The predicted octanol–water partition coefficient (Wildman–Crippen LogP) is 1.42. The molecule has 0 aliphatic heterocycles. The first kappa shape index (κ1) is 10.9. The van der Waals surface area contributed by atoms with Crippen molar-refractivity contribution < 1.29 is 18.7 Å². The maximum atomic E-state index is 10.9. The summed E-state index contributed by atoms with van der Waals surface area (Å²) >= 11 is -2.16. The SMILES string of the molecule is O=C(O)CC(c1ccccc1)S(=O)O. The monoisotopic (exact) mass is 214 g/mol. The number of rotatable bonds is 4. The van der Waals surface area contributed by atoms with Gasteiger partial charge in [-0.1, -0.05) is 30.3 Å². The van der Waals surface area contributed by atoms with E-state index in [1.807, 2.05) is 0 Å². The van der Waals surface area contributed by atoms with E-state index in [0.717, 1.165) is 0 Å². The maximum absolute atomic E-state index is 10.9. The predicted molar refractivity (Wildman–Crippen MR) is 52.2 cm³/mol. The molecule has 0 saturated heterocycles. The molecule has 76 valence electrons. The molecule has 1 rings (SSSR count). The summed E-state index contributed by atoms with van der Waals surface area (Å²) in [6.07, 6.45) is -0.340. The van der Waals surface area contributed by atoms with Crippen molar-refractivity contribution in [1.29, 1.82) is 0 Å². The van der Waals surface area contributed by atoms with Gasteiger partial charge in [-0.3, -0.25) is 4.79 Å². The van der Waals surface area contributed by atoms with Crippen LogP contribution in [0.4, 0.5) is 0 Å². The van der Waals surface area contributed by atoms with E-state index >= 15 is 0 Å². The van der Waals surface area contributed by atoms with Gasteiger partial charge in [0.15, 0.2) is 11.1 Å². The van der Waals surface area contributed by atoms with Crippen LogP contribution in [-0.2, 0) is 15.9 Å². The molecule has 5 heteroatoms. The Labute approximate surface area is 83.9 Å². The standard InChI is InChI=1S/C9H10O4S/c10-9(11)6-8(14(12)13)7-4-2-1-3-5-7/h1-5,8H,6H2,(H,10,11)(H,12,13). The maximum Gasteiger partial charge on any atom is 0.305 e. The topological polar surface area (TPSA) is 74.6 Å². The van der Waals surface area contributed by atoms with E-state index in [1.54, 1.807) is 30.3 Å². The van der Waals surface area contributed by atoms with Crippen molar-refractivity contribution in [3.8, 4) is 0 Å². The smallest absolute Gasteiger partial charge is 0.305 e. The molecular formula is C9H10O4S. The molecule has 14 heavy (non-hydrogen) atoms. The van der Waals surface area contributed by atoms with Crippen molar-refractivity contribution in [2.24, 2.45) is 0 Å². The minimum absolute atomic E-state index is 0.340. The summed E-state index contributed by atoms with van der Waals surface area (Å²) in [6, 6.07) is 8.46. The van der Waals surface area contributed by atoms with Crippen LogP contribution in [0.25, 0.3) is 0 Å². The summed E-state index contributed by atoms with van der Waals surface area (Å²) in [5.41, 5.74) is 0.565. The molecule has 0 heterocycles. The summed E-state index contributed by atoms with van der Waals surface area (Å²) in [4.78, 5) is 10.4. The summed E-state index contributed by atoms with van der Waals surface area (Å²) in [5.74, 6) is -1.08. The number of aliphatic carboxylic acids is 1. The summed E-state index contributed by atoms with van der Waals surface area (Å²) in [5, 5.41) is 7.70. The van der Waals surface area contributed by atoms with Gasteiger partial charge in [-0.15, -0.1) is 0 Å². The van der Waals surface area contributed by atoms with Gasteiger partial charge in [0.1, 0.15) is 0 Å². The zero-order chi connectivity index (χ0) is 10.6. The fourth-order valence-electron chi connectivity index (χ4n) is 1.13. The van der Waals surface area contributed by atoms with E-state index in [1.165, 1.54) is 0 Å². The van der Waals surface area contributed by atoms with Crippen LogP contribution in [-0.4, -0.2) is 19.8 Å². The van der Waals surface area contributed by atoms with Crippen molar-refractivity contribution in [3.63, 3.8) is 0 Å². The lowest BCUT2D eigenvalue weighted by molar-refractivity contribution is -0.137. The quantitative estimate of drug-likeness (QED) is 0.743. The van der Waals surface area contributed by atoms with E-state index in [2.05, 4.69) is 0 Å². The van der Waals surface area contributed by atoms with Gasteiger partial charge in [0.25, 0.3) is 0 Å². The Hall–Kier alpha value is -1.20. The number of carboxylic acid groups (broad SMARTS) is 1. The highest BCUT2D eigenvalue weighted by Crippen LogP contribution is 2.21. The van der Waals surface area contributed by atoms with Gasteiger partial charge < -0.3 is 9.66 Å². The lowest BCUT2D eigenvalue weighted by Gasteiger charge is -2.10. The molecule has 0 radical (unpaired) electrons. The van der Waals surface area contributed by atoms with Gasteiger partial charge in [-0.25, -0.2) is 4.21 Å². The second kappa shape index (κ2) is 4.88. The Morgan fingerprint density at radius 1 is 1.36 bits per heavy atom. The molecule has 2 atom stereocenters. The van der Waals surface area contributed by atoms with Crippen LogP contribution in [0.5, 0.6) is 0 Å². The van der Waals surface area contributed by atoms with Gasteiger partial charge in [0, 0.05) is 0 Å². The first-order valence-corrected chi connectivity index (χ1v) is 5.14. The molecule has 2 unspecified atom stereocenters. The minimum atomic E-state index is -2.16. The lowest BCUT2D eigenvalue weighted by atomic mass is 10.1. The normalized spacial score (nSPS) is 14.6. The van der Waals surface area contributed by atoms with Crippen molar-refractivity contribution in [1.82, 2.24) is 0 Å². The van der Waals surface area contributed by atoms with E-state index in [-0.39, 0.29) is 6.42 Å². The zero-order valence-corrected chi connectivity index (χ0v) is 8.11. The Morgan fingerprint density at radius 3 is 2.36 bits per heavy atom. The van der Waals surface area contributed by atoms with Crippen LogP contribution in [0.1, 0.15) is 17.2 Å². The minimum Gasteiger partial charge on any atom is -0.481 e. The summed E-state index contributed by atoms with van der Waals surface area (Å²) in [6.45, 7) is 0. The van der Waals surface area contributed by atoms with Crippen LogP contribution in [0.2, 0.25) is 0 Å². The molecule has 2 N–H and O–H groups in total. The number of carbonyl (C=O) groups is 1. The van der Waals surface area contributed by atoms with Crippen molar-refractivity contribution >= 4 is 17.0 Å². The van der Waals surface area contributed by atoms with Crippen LogP contribution in [0.15, 0.2) is 30.3 Å². The Kier molecular flexibility index (Phi) is 3.79. The first-order valence-electron chi connectivity index (χ1n) is 3.97. The molecule has 0 fully saturated rings. The molecule has 0 aliphatic rings. The Morgan fingerprint density at radius 2 is 1.93 bits per heavy atom. The third-order valence-electron chi connectivity index (χ3n) is 1.77. The van der Waals surface area contributed by atoms with E-state index < -0.39 is 22.3 Å². The first-order chi connectivity index (χ1) is 6.61. The lowest BCUT2D eigenvalue weighted by Crippen LogP contribution is -2.11. The number of hydrogen-bond donors (Lipinski definition) is 2. The highest BCUT2D eigenvalue weighted by atomic mass is 32.2. The molecule has 0 aromatic heterocycles. The van der Waals surface area contributed by atoms with E-state index in [4.69, 9.17) is 9.66 Å². The van der Waals surface area contributed by atoms with Crippen molar-refractivity contribution in [2.75, 3.05) is 0 Å². The van der Waals surface area contributed by atoms with Gasteiger partial charge in [-0.05, 0) is 5.56 Å². The van der Waals surface area contributed by atoms with Crippen LogP contribution < -0.4 is 0 Å². The number of hydrogen-bond acceptors (Lipinski definition) is 2. The number of carboxylic acids is 1. The van der Waals surface area contributed by atoms with E-state index in [9.17, 15) is 9.00 Å². The Bertz CT molecular complexity index is 336. The number of benzene rings is 1. The average molecular weight is 214 g/mol. The van der Waals surface area contributed by atoms with Gasteiger partial charge in [0.2, 0.25) is 0 Å². The molecule has 1 aromatic carbocycles. The molecule has 0 spiro atoms. The average Bonchev–Trinajstić information content (AvgIpc) is 2.15. The third kappa shape index (κ3) is 2.93. The fourth-order valence-corrected chi connectivity index (χ4v) is 1.81. The highest BCUT2D eigenvalue weighted by Gasteiger charge is 2.20. The second-order valence-corrected chi connectivity index (χ2v) is 3.89. The third-order valence-corrected chi connectivity index (χ3v) is 2.70. The molecule has 0 bridgehead atoms. The molecule has 0 amide bonds. The van der Waals surface area contributed by atoms with Crippen molar-refractivity contribution in [3.05, 3.63) is 35.9 Å². The van der Waals surface area contributed by atoms with Gasteiger partial charge in [0.05, 0.1) is 11.7 Å². The van der Waals surface area contributed by atoms with Gasteiger partial charge >= 0.3 is 5.97 Å². The second-order valence-electron chi connectivity index (χ2n) is 2.77. The molecule has 0 saturated carbocycles. The van der Waals surface area contributed by atoms with Crippen LogP contribution in [0.3, 0.4) is 0 Å². The van der Waals surface area contributed by atoms with Crippen LogP contribution in [0, 0.1) is 0 Å². The molecule has 0 aliphatic carbocycles. The highest BCUT2D eigenvalue weighted by molar-refractivity contribution is 7.79. The summed E-state index contributed by atoms with van der Waals surface area (Å²) < 4.78 is 19.8. The largest absolute Gasteiger partial charge is 0.481 e. The van der Waals surface area contributed by atoms with Crippen LogP contribution >= 0.6 is 0 Å².